The molecule has 0 heterocycles. The van der Waals surface area contributed by atoms with Crippen molar-refractivity contribution in [1.29, 1.82) is 0 Å². The van der Waals surface area contributed by atoms with E-state index in [1.165, 1.54) is 6.20 Å². The first kappa shape index (κ1) is 9.81. The number of hydrogen-bond acceptors (Lipinski definition) is 3. The summed E-state index contributed by atoms with van der Waals surface area (Å²) >= 11 is 0. The van der Waals surface area contributed by atoms with E-state index >= 15 is 0 Å². The Kier molecular flexibility index (Phi) is 6.17. The third kappa shape index (κ3) is 6.70. The fourth-order valence-corrected chi connectivity index (χ4v) is 0.627. The normalized spacial score (nSPS) is 9.91. The van der Waals surface area contributed by atoms with Gasteiger partial charge >= 0.3 is 0 Å². The summed E-state index contributed by atoms with van der Waals surface area (Å²) in [5.74, 6) is 0.0727. The van der Waals surface area contributed by atoms with Crippen molar-refractivity contribution < 1.29 is 4.79 Å². The Morgan fingerprint density at radius 2 is 2.36 bits per heavy atom. The van der Waals surface area contributed by atoms with Crippen LogP contribution in [0.15, 0.2) is 12.4 Å². The zero-order chi connectivity index (χ0) is 8.53. The van der Waals surface area contributed by atoms with Crippen LogP contribution < -0.4 is 16.4 Å². The van der Waals surface area contributed by atoms with Crippen molar-refractivity contribution in [2.75, 3.05) is 13.6 Å². The number of carbonyl (C=O) groups is 1. The van der Waals surface area contributed by atoms with Crippen LogP contribution in [0.3, 0.4) is 0 Å². The average molecular weight is 157 g/mol. The third-order valence-corrected chi connectivity index (χ3v) is 1.22. The average Bonchev–Trinajstić information content (AvgIpc) is 2.04. The lowest BCUT2D eigenvalue weighted by Gasteiger charge is -1.99. The highest BCUT2D eigenvalue weighted by atomic mass is 16.1. The van der Waals surface area contributed by atoms with Gasteiger partial charge in [-0.15, -0.1) is 0 Å². The van der Waals surface area contributed by atoms with Crippen LogP contribution in [0.2, 0.25) is 0 Å². The zero-order valence-corrected chi connectivity index (χ0v) is 6.76. The Bertz CT molecular complexity index is 134. The molecule has 0 unspecified atom stereocenters. The molecule has 0 bridgehead atoms. The number of nitrogens with one attached hydrogen (secondary N) is 2. The van der Waals surface area contributed by atoms with E-state index in [0.717, 1.165) is 13.0 Å². The Labute approximate surface area is 66.8 Å². The van der Waals surface area contributed by atoms with Gasteiger partial charge in [-0.1, -0.05) is 0 Å². The lowest BCUT2D eigenvalue weighted by molar-refractivity contribution is -0.120. The minimum Gasteiger partial charge on any atom is -0.403 e. The molecule has 0 atom stereocenters. The minimum absolute atomic E-state index is 0.0727. The molecule has 0 saturated heterocycles. The van der Waals surface area contributed by atoms with Crippen LogP contribution in [0.25, 0.3) is 0 Å². The highest BCUT2D eigenvalue weighted by Gasteiger charge is 1.94. The second-order valence-electron chi connectivity index (χ2n) is 2.09. The Morgan fingerprint density at radius 1 is 1.64 bits per heavy atom. The van der Waals surface area contributed by atoms with Crippen molar-refractivity contribution in [3.8, 4) is 0 Å². The lowest BCUT2D eigenvalue weighted by Crippen LogP contribution is -2.19. The zero-order valence-electron chi connectivity index (χ0n) is 6.76. The molecule has 11 heavy (non-hydrogen) atoms. The van der Waals surface area contributed by atoms with Gasteiger partial charge < -0.3 is 16.4 Å². The van der Waals surface area contributed by atoms with Crippen molar-refractivity contribution in [2.24, 2.45) is 5.73 Å². The topological polar surface area (TPSA) is 67.2 Å². The highest BCUT2D eigenvalue weighted by Crippen LogP contribution is 1.85. The summed E-state index contributed by atoms with van der Waals surface area (Å²) in [6.45, 7) is 0.779. The molecule has 0 fully saturated rings. The van der Waals surface area contributed by atoms with Gasteiger partial charge in [-0.25, -0.2) is 0 Å². The molecule has 0 aliphatic heterocycles. The van der Waals surface area contributed by atoms with Crippen molar-refractivity contribution >= 4 is 5.91 Å². The maximum absolute atomic E-state index is 10.7. The maximum Gasteiger partial charge on any atom is 0.219 e. The molecule has 0 aromatic heterocycles. The molecule has 4 N–H and O–H groups in total. The minimum atomic E-state index is 0.0727. The quantitative estimate of drug-likeness (QED) is 0.473. The molecule has 0 aromatic rings. The molecular weight excluding hydrogens is 142 g/mol. The van der Waals surface area contributed by atoms with Crippen molar-refractivity contribution in [3.05, 3.63) is 12.4 Å². The summed E-state index contributed by atoms with van der Waals surface area (Å²) in [6.07, 6.45) is 4.47. The van der Waals surface area contributed by atoms with Gasteiger partial charge in [-0.3, -0.25) is 4.79 Å². The first-order valence-electron chi connectivity index (χ1n) is 3.62. The van der Waals surface area contributed by atoms with Gasteiger partial charge in [0, 0.05) is 32.4 Å². The number of rotatable bonds is 5. The molecule has 0 rings (SSSR count). The molecule has 0 spiro atoms. The van der Waals surface area contributed by atoms with E-state index in [9.17, 15) is 4.79 Å². The molecule has 1 amide bonds. The van der Waals surface area contributed by atoms with Gasteiger partial charge in [-0.2, -0.15) is 0 Å². The second-order valence-corrected chi connectivity index (χ2v) is 2.09. The third-order valence-electron chi connectivity index (χ3n) is 1.22. The fraction of sp³-hybridized carbons (Fsp3) is 0.571. The van der Waals surface area contributed by atoms with Crippen LogP contribution in [0.1, 0.15) is 12.8 Å². The number of carbonyl (C=O) groups excluding carboxylic acids is 1. The SMILES string of the molecule is CNC(=O)CCCN/C=C\N. The van der Waals surface area contributed by atoms with Crippen molar-refractivity contribution in [3.63, 3.8) is 0 Å². The second kappa shape index (κ2) is 6.92. The van der Waals surface area contributed by atoms with Gasteiger partial charge in [0.2, 0.25) is 5.91 Å². The monoisotopic (exact) mass is 157 g/mol. The Morgan fingerprint density at radius 3 is 2.91 bits per heavy atom. The van der Waals surface area contributed by atoms with E-state index in [2.05, 4.69) is 10.6 Å². The van der Waals surface area contributed by atoms with E-state index in [1.807, 2.05) is 0 Å². The fourth-order valence-electron chi connectivity index (χ4n) is 0.627. The molecule has 0 radical (unpaired) electrons. The molecule has 0 aliphatic rings. The van der Waals surface area contributed by atoms with Gasteiger partial charge in [-0.05, 0) is 6.42 Å². The summed E-state index contributed by atoms with van der Waals surface area (Å²) < 4.78 is 0. The first-order chi connectivity index (χ1) is 5.31. The molecule has 64 valence electrons. The number of nitrogens with two attached hydrogens (primary N) is 1. The van der Waals surface area contributed by atoms with Crippen LogP contribution in [0, 0.1) is 0 Å². The first-order valence-corrected chi connectivity index (χ1v) is 3.62. The summed E-state index contributed by atoms with van der Waals surface area (Å²) in [5.41, 5.74) is 5.07. The summed E-state index contributed by atoms with van der Waals surface area (Å²) in [7, 11) is 1.63. The smallest absolute Gasteiger partial charge is 0.219 e. The van der Waals surface area contributed by atoms with Crippen LogP contribution in [0.4, 0.5) is 0 Å². The van der Waals surface area contributed by atoms with E-state index in [4.69, 9.17) is 5.73 Å². The summed E-state index contributed by atoms with van der Waals surface area (Å²) in [6, 6.07) is 0. The van der Waals surface area contributed by atoms with E-state index in [0.29, 0.717) is 6.42 Å². The lowest BCUT2D eigenvalue weighted by atomic mass is 10.3. The molecule has 4 heteroatoms. The standard InChI is InChI=1S/C7H15N3O/c1-9-7(11)3-2-5-10-6-4-8/h4,6,10H,2-3,5,8H2,1H3,(H,9,11)/b6-4-. The van der Waals surface area contributed by atoms with E-state index in [-0.39, 0.29) is 5.91 Å². The molecule has 4 nitrogen and oxygen atoms in total. The Hall–Kier alpha value is -1.19. The molecule has 0 aromatic carbocycles. The van der Waals surface area contributed by atoms with Crippen LogP contribution in [0.5, 0.6) is 0 Å². The molecule has 0 aliphatic carbocycles. The van der Waals surface area contributed by atoms with E-state index in [1.54, 1.807) is 13.2 Å². The van der Waals surface area contributed by atoms with Gasteiger partial charge in [0.1, 0.15) is 0 Å². The van der Waals surface area contributed by atoms with E-state index < -0.39 is 0 Å². The predicted octanol–water partition coefficient (Wildman–Crippen LogP) is -0.468. The number of amides is 1. The Balaban J connectivity index is 3.08. The largest absolute Gasteiger partial charge is 0.403 e. The number of hydrogen-bond donors (Lipinski definition) is 3. The van der Waals surface area contributed by atoms with Gasteiger partial charge in [0.15, 0.2) is 0 Å². The predicted molar refractivity (Wildman–Crippen MR) is 44.6 cm³/mol. The van der Waals surface area contributed by atoms with Crippen molar-refractivity contribution in [2.45, 2.75) is 12.8 Å². The van der Waals surface area contributed by atoms with Crippen molar-refractivity contribution in [1.82, 2.24) is 10.6 Å². The van der Waals surface area contributed by atoms with Crippen LogP contribution in [-0.2, 0) is 4.79 Å². The molecular formula is C7H15N3O. The summed E-state index contributed by atoms with van der Waals surface area (Å²) in [4.78, 5) is 10.7. The van der Waals surface area contributed by atoms with Gasteiger partial charge in [0.25, 0.3) is 0 Å². The molecule has 0 saturated carbocycles. The van der Waals surface area contributed by atoms with Crippen LogP contribution >= 0.6 is 0 Å². The van der Waals surface area contributed by atoms with Crippen LogP contribution in [-0.4, -0.2) is 19.5 Å². The highest BCUT2D eigenvalue weighted by molar-refractivity contribution is 5.75. The maximum atomic E-state index is 10.7. The van der Waals surface area contributed by atoms with Gasteiger partial charge in [0.05, 0.1) is 0 Å². The summed E-state index contributed by atoms with van der Waals surface area (Å²) in [5, 5.41) is 5.48.